The van der Waals surface area contributed by atoms with Gasteiger partial charge in [0.15, 0.2) is 0 Å². The number of nitrogens with zero attached hydrogens (tertiary/aromatic N) is 1. The summed E-state index contributed by atoms with van der Waals surface area (Å²) in [5.74, 6) is -0.231. The van der Waals surface area contributed by atoms with Crippen molar-refractivity contribution in [1.29, 1.82) is 0 Å². The van der Waals surface area contributed by atoms with Crippen LogP contribution in [0, 0.1) is 0 Å². The highest BCUT2D eigenvalue weighted by molar-refractivity contribution is 7.80. The molecule has 27 heavy (non-hydrogen) atoms. The molecule has 0 saturated heterocycles. The monoisotopic (exact) mass is 422 g/mol. The lowest BCUT2D eigenvalue weighted by Gasteiger charge is -2.36. The molecule has 0 heterocycles. The molecule has 2 aromatic rings. The molecule has 0 aliphatic rings. The van der Waals surface area contributed by atoms with Gasteiger partial charge in [-0.2, -0.15) is 0 Å². The van der Waals surface area contributed by atoms with Gasteiger partial charge in [-0.05, 0) is 51.0 Å². The van der Waals surface area contributed by atoms with E-state index in [0.717, 1.165) is 18.4 Å². The number of rotatable bonds is 4. The van der Waals surface area contributed by atoms with Crippen LogP contribution in [0.1, 0.15) is 55.6 Å². The minimum Gasteiger partial charge on any atom is -0.284 e. The maximum absolute atomic E-state index is 13.1. The minimum absolute atomic E-state index is 0.231. The Kier molecular flexibility index (Phi) is 7.26. The van der Waals surface area contributed by atoms with Crippen LogP contribution in [-0.4, -0.2) is 21.4 Å². The van der Waals surface area contributed by atoms with Crippen molar-refractivity contribution in [2.75, 3.05) is 0 Å². The van der Waals surface area contributed by atoms with E-state index < -0.39 is 5.54 Å². The number of hydrogen-bond donors (Lipinski definition) is 1. The number of carbonyl (C=O) groups is 1. The fraction of sp³-hybridized carbons (Fsp3) is 0.333. The van der Waals surface area contributed by atoms with Gasteiger partial charge >= 0.3 is 0 Å². The lowest BCUT2D eigenvalue weighted by Crippen LogP contribution is -2.55. The predicted octanol–water partition coefficient (Wildman–Crippen LogP) is 6.07. The molecule has 6 heteroatoms. The van der Waals surface area contributed by atoms with E-state index in [1.54, 1.807) is 18.2 Å². The normalized spacial score (nSPS) is 11.2. The standard InChI is InChI=1S/C21H24Cl2N2OS/c1-5-6-14-7-9-15(10-8-14)19(27)24-25(21(2,3)4)20(26)16-11-12-17(22)18(23)13-16/h7-13H,5-6H2,1-4H3,(H,24,27). The average Bonchev–Trinajstić information content (AvgIpc) is 2.61. The Morgan fingerprint density at radius 2 is 1.63 bits per heavy atom. The first-order chi connectivity index (χ1) is 12.6. The first-order valence-electron chi connectivity index (χ1n) is 8.83. The summed E-state index contributed by atoms with van der Waals surface area (Å²) in [5.41, 5.74) is 5.16. The van der Waals surface area contributed by atoms with E-state index in [1.807, 2.05) is 32.9 Å². The van der Waals surface area contributed by atoms with E-state index in [9.17, 15) is 4.79 Å². The summed E-state index contributed by atoms with van der Waals surface area (Å²) in [6.07, 6.45) is 2.13. The molecule has 3 nitrogen and oxygen atoms in total. The Hall–Kier alpha value is -1.62. The number of benzene rings is 2. The number of halogens is 2. The Bertz CT molecular complexity index is 829. The molecule has 0 fully saturated rings. The quantitative estimate of drug-likeness (QED) is 0.479. The van der Waals surface area contributed by atoms with E-state index in [0.29, 0.717) is 20.6 Å². The van der Waals surface area contributed by atoms with Crippen molar-refractivity contribution >= 4 is 46.3 Å². The SMILES string of the molecule is CCCc1ccc(C(=S)NN(C(=O)c2ccc(Cl)c(Cl)c2)C(C)(C)C)cc1. The molecule has 2 aromatic carbocycles. The van der Waals surface area contributed by atoms with Crippen LogP contribution >= 0.6 is 35.4 Å². The number of amides is 1. The van der Waals surface area contributed by atoms with Crippen molar-refractivity contribution in [3.8, 4) is 0 Å². The van der Waals surface area contributed by atoms with Gasteiger partial charge in [0.05, 0.1) is 15.6 Å². The molecule has 1 amide bonds. The molecule has 0 atom stereocenters. The van der Waals surface area contributed by atoms with Gasteiger partial charge < -0.3 is 0 Å². The first-order valence-corrected chi connectivity index (χ1v) is 9.99. The van der Waals surface area contributed by atoms with Crippen LogP contribution in [-0.2, 0) is 6.42 Å². The van der Waals surface area contributed by atoms with Gasteiger partial charge in [0.1, 0.15) is 4.99 Å². The lowest BCUT2D eigenvalue weighted by molar-refractivity contribution is 0.0500. The van der Waals surface area contributed by atoms with E-state index >= 15 is 0 Å². The average molecular weight is 423 g/mol. The minimum atomic E-state index is -0.505. The molecule has 2 rings (SSSR count). The Balaban J connectivity index is 2.24. The van der Waals surface area contributed by atoms with Gasteiger partial charge in [-0.25, -0.2) is 5.01 Å². The second-order valence-corrected chi connectivity index (χ2v) is 8.55. The van der Waals surface area contributed by atoms with Crippen molar-refractivity contribution < 1.29 is 4.79 Å². The molecule has 0 aromatic heterocycles. The zero-order chi connectivity index (χ0) is 20.2. The number of nitrogens with one attached hydrogen (secondary N) is 1. The third-order valence-corrected chi connectivity index (χ3v) is 5.07. The Morgan fingerprint density at radius 1 is 1.04 bits per heavy atom. The van der Waals surface area contributed by atoms with E-state index in [1.165, 1.54) is 10.6 Å². The van der Waals surface area contributed by atoms with Crippen LogP contribution in [0.2, 0.25) is 10.0 Å². The van der Waals surface area contributed by atoms with Crippen LogP contribution < -0.4 is 5.43 Å². The fourth-order valence-electron chi connectivity index (χ4n) is 2.56. The van der Waals surface area contributed by atoms with Crippen LogP contribution in [0.5, 0.6) is 0 Å². The number of hydrogen-bond acceptors (Lipinski definition) is 2. The van der Waals surface area contributed by atoms with Gasteiger partial charge in [0.25, 0.3) is 5.91 Å². The number of carbonyl (C=O) groups excluding carboxylic acids is 1. The summed E-state index contributed by atoms with van der Waals surface area (Å²) >= 11 is 17.6. The van der Waals surface area contributed by atoms with Crippen LogP contribution in [0.4, 0.5) is 0 Å². The highest BCUT2D eigenvalue weighted by atomic mass is 35.5. The van der Waals surface area contributed by atoms with E-state index in [-0.39, 0.29) is 5.91 Å². The predicted molar refractivity (Wildman–Crippen MR) is 118 cm³/mol. The number of hydrazine groups is 1. The largest absolute Gasteiger partial charge is 0.284 e. The molecule has 0 aliphatic carbocycles. The maximum Gasteiger partial charge on any atom is 0.272 e. The molecule has 1 N–H and O–H groups in total. The first kappa shape index (κ1) is 21.7. The summed E-state index contributed by atoms with van der Waals surface area (Å²) < 4.78 is 0. The molecular formula is C21H24Cl2N2OS. The third-order valence-electron chi connectivity index (χ3n) is 4.01. The van der Waals surface area contributed by atoms with Gasteiger partial charge in [-0.15, -0.1) is 0 Å². The summed E-state index contributed by atoms with van der Waals surface area (Å²) in [6.45, 7) is 7.95. The number of aryl methyl sites for hydroxylation is 1. The van der Waals surface area contributed by atoms with Gasteiger partial charge in [-0.3, -0.25) is 10.2 Å². The molecule has 0 radical (unpaired) electrons. The van der Waals surface area contributed by atoms with Crippen molar-refractivity contribution in [3.63, 3.8) is 0 Å². The van der Waals surface area contributed by atoms with Gasteiger partial charge in [0, 0.05) is 11.1 Å². The molecular weight excluding hydrogens is 399 g/mol. The Labute approximate surface area is 176 Å². The zero-order valence-corrected chi connectivity index (χ0v) is 18.3. The van der Waals surface area contributed by atoms with Crippen LogP contribution in [0.25, 0.3) is 0 Å². The fourth-order valence-corrected chi connectivity index (χ4v) is 3.08. The van der Waals surface area contributed by atoms with E-state index in [4.69, 9.17) is 35.4 Å². The van der Waals surface area contributed by atoms with Crippen LogP contribution in [0.15, 0.2) is 42.5 Å². The van der Waals surface area contributed by atoms with Crippen molar-refractivity contribution in [2.45, 2.75) is 46.1 Å². The molecule has 0 saturated carbocycles. The molecule has 144 valence electrons. The highest BCUT2D eigenvalue weighted by Gasteiger charge is 2.29. The second kappa shape index (κ2) is 9.05. The topological polar surface area (TPSA) is 32.3 Å². The lowest BCUT2D eigenvalue weighted by atomic mass is 10.1. The van der Waals surface area contributed by atoms with Crippen molar-refractivity contribution in [3.05, 3.63) is 69.2 Å². The molecule has 0 aliphatic heterocycles. The van der Waals surface area contributed by atoms with E-state index in [2.05, 4.69) is 24.5 Å². The maximum atomic E-state index is 13.1. The second-order valence-electron chi connectivity index (χ2n) is 7.33. The summed E-state index contributed by atoms with van der Waals surface area (Å²) in [7, 11) is 0. The summed E-state index contributed by atoms with van der Waals surface area (Å²) in [4.78, 5) is 13.6. The molecule has 0 unspecified atom stereocenters. The molecule has 0 spiro atoms. The molecule has 0 bridgehead atoms. The van der Waals surface area contributed by atoms with Crippen molar-refractivity contribution in [2.24, 2.45) is 0 Å². The smallest absolute Gasteiger partial charge is 0.272 e. The van der Waals surface area contributed by atoms with Gasteiger partial charge in [0.2, 0.25) is 0 Å². The summed E-state index contributed by atoms with van der Waals surface area (Å²) in [6, 6.07) is 12.9. The Morgan fingerprint density at radius 3 is 2.15 bits per heavy atom. The highest BCUT2D eigenvalue weighted by Crippen LogP contribution is 2.24. The zero-order valence-electron chi connectivity index (χ0n) is 16.0. The van der Waals surface area contributed by atoms with Crippen molar-refractivity contribution in [1.82, 2.24) is 10.4 Å². The summed E-state index contributed by atoms with van der Waals surface area (Å²) in [5, 5.41) is 2.27. The third kappa shape index (κ3) is 5.68. The van der Waals surface area contributed by atoms with Gasteiger partial charge in [-0.1, -0.05) is 73.0 Å². The number of thiocarbonyl (C=S) groups is 1. The van der Waals surface area contributed by atoms with Crippen LogP contribution in [0.3, 0.4) is 0 Å².